The second-order valence-electron chi connectivity index (χ2n) is 4.25. The summed E-state index contributed by atoms with van der Waals surface area (Å²) in [6.45, 7) is 2.06. The number of halogens is 1. The summed E-state index contributed by atoms with van der Waals surface area (Å²) in [5.74, 6) is -0.447. The molecule has 0 fully saturated rings. The Balaban J connectivity index is 2.29. The molecule has 2 nitrogen and oxygen atoms in total. The predicted octanol–water partition coefficient (Wildman–Crippen LogP) is 4.49. The molecule has 0 aliphatic carbocycles. The summed E-state index contributed by atoms with van der Waals surface area (Å²) in [5, 5.41) is -0.827. The Morgan fingerprint density at radius 1 is 1.20 bits per heavy atom. The second-order valence-corrected chi connectivity index (χ2v) is 5.17. The van der Waals surface area contributed by atoms with Crippen LogP contribution in [-0.2, 0) is 9.53 Å². The molecule has 0 saturated carbocycles. The minimum absolute atomic E-state index is 0.312. The summed E-state index contributed by atoms with van der Waals surface area (Å²) in [7, 11) is 0. The number of carbonyl (C=O) groups is 1. The lowest BCUT2D eigenvalue weighted by Gasteiger charge is -2.12. The van der Waals surface area contributed by atoms with Gasteiger partial charge in [0.05, 0.1) is 6.61 Å². The SMILES string of the molecule is CCOC(=O)C(Cl)c1ccc(-c2ccccc2)cc1S. The van der Waals surface area contributed by atoms with Gasteiger partial charge in [-0.15, -0.1) is 24.2 Å². The Morgan fingerprint density at radius 2 is 1.90 bits per heavy atom. The van der Waals surface area contributed by atoms with Crippen molar-refractivity contribution in [2.45, 2.75) is 17.2 Å². The first-order chi connectivity index (χ1) is 9.63. The van der Waals surface area contributed by atoms with Crippen LogP contribution < -0.4 is 0 Å². The van der Waals surface area contributed by atoms with Crippen LogP contribution in [0.25, 0.3) is 11.1 Å². The molecule has 0 spiro atoms. The standard InChI is InChI=1S/C16H15ClO2S/c1-2-19-16(18)15(17)13-9-8-12(10-14(13)20)11-6-4-3-5-7-11/h3-10,15,20H,2H2,1H3. The molecule has 0 saturated heterocycles. The molecule has 2 aromatic carbocycles. The van der Waals surface area contributed by atoms with Crippen molar-refractivity contribution in [2.75, 3.05) is 6.61 Å². The van der Waals surface area contributed by atoms with Gasteiger partial charge in [0.15, 0.2) is 5.38 Å². The highest BCUT2D eigenvalue weighted by Gasteiger charge is 2.21. The average molecular weight is 307 g/mol. The third-order valence-corrected chi connectivity index (χ3v) is 3.70. The van der Waals surface area contributed by atoms with Crippen molar-refractivity contribution >= 4 is 30.2 Å². The smallest absolute Gasteiger partial charge is 0.328 e. The molecule has 0 heterocycles. The van der Waals surface area contributed by atoms with E-state index in [2.05, 4.69) is 12.6 Å². The zero-order valence-corrected chi connectivity index (χ0v) is 12.7. The van der Waals surface area contributed by atoms with Crippen LogP contribution in [-0.4, -0.2) is 12.6 Å². The summed E-state index contributed by atoms with van der Waals surface area (Å²) in [6.07, 6.45) is 0. The molecular formula is C16H15ClO2S. The lowest BCUT2D eigenvalue weighted by atomic mass is 10.0. The van der Waals surface area contributed by atoms with Gasteiger partial charge in [0.1, 0.15) is 0 Å². The zero-order valence-electron chi connectivity index (χ0n) is 11.0. The number of alkyl halides is 1. The summed E-state index contributed by atoms with van der Waals surface area (Å²) in [5.41, 5.74) is 2.79. The van der Waals surface area contributed by atoms with Gasteiger partial charge in [0, 0.05) is 4.90 Å². The van der Waals surface area contributed by atoms with Gasteiger partial charge in [-0.2, -0.15) is 0 Å². The molecule has 2 aromatic rings. The van der Waals surface area contributed by atoms with Crippen molar-refractivity contribution in [3.05, 3.63) is 54.1 Å². The van der Waals surface area contributed by atoms with Crippen LogP contribution in [0.4, 0.5) is 0 Å². The fourth-order valence-corrected chi connectivity index (χ4v) is 2.58. The summed E-state index contributed by atoms with van der Waals surface area (Å²) in [4.78, 5) is 12.3. The fourth-order valence-electron chi connectivity index (χ4n) is 1.91. The molecule has 0 radical (unpaired) electrons. The van der Waals surface area contributed by atoms with Crippen LogP contribution >= 0.6 is 24.2 Å². The number of thiol groups is 1. The molecule has 1 atom stereocenters. The highest BCUT2D eigenvalue weighted by Crippen LogP contribution is 2.31. The average Bonchev–Trinajstić information content (AvgIpc) is 2.47. The Kier molecular flexibility index (Phi) is 5.10. The molecule has 2 rings (SSSR count). The monoisotopic (exact) mass is 306 g/mol. The van der Waals surface area contributed by atoms with E-state index in [0.717, 1.165) is 11.1 Å². The Hall–Kier alpha value is -1.45. The number of hydrogen-bond donors (Lipinski definition) is 1. The second kappa shape index (κ2) is 6.82. The van der Waals surface area contributed by atoms with Crippen molar-refractivity contribution in [1.29, 1.82) is 0 Å². The van der Waals surface area contributed by atoms with Crippen LogP contribution in [0.3, 0.4) is 0 Å². The van der Waals surface area contributed by atoms with Gasteiger partial charge in [0.25, 0.3) is 0 Å². The Labute approximate surface area is 129 Å². The lowest BCUT2D eigenvalue weighted by Crippen LogP contribution is -2.11. The number of carbonyl (C=O) groups excluding carboxylic acids is 1. The quantitative estimate of drug-likeness (QED) is 0.512. The first-order valence-corrected chi connectivity index (χ1v) is 7.21. The summed E-state index contributed by atoms with van der Waals surface area (Å²) >= 11 is 10.5. The summed E-state index contributed by atoms with van der Waals surface area (Å²) in [6, 6.07) is 15.6. The van der Waals surface area contributed by atoms with Gasteiger partial charge < -0.3 is 4.74 Å². The zero-order chi connectivity index (χ0) is 14.5. The van der Waals surface area contributed by atoms with Crippen LogP contribution in [0, 0.1) is 0 Å². The lowest BCUT2D eigenvalue weighted by molar-refractivity contribution is -0.142. The number of rotatable bonds is 4. The maximum Gasteiger partial charge on any atom is 0.328 e. The normalized spacial score (nSPS) is 11.9. The van der Waals surface area contributed by atoms with E-state index < -0.39 is 11.3 Å². The molecule has 0 amide bonds. The number of benzene rings is 2. The van der Waals surface area contributed by atoms with E-state index >= 15 is 0 Å². The van der Waals surface area contributed by atoms with E-state index in [4.69, 9.17) is 16.3 Å². The number of esters is 1. The van der Waals surface area contributed by atoms with Crippen molar-refractivity contribution in [2.24, 2.45) is 0 Å². The first-order valence-electron chi connectivity index (χ1n) is 6.32. The van der Waals surface area contributed by atoms with E-state index in [0.29, 0.717) is 17.1 Å². The molecule has 0 N–H and O–H groups in total. The molecule has 1 unspecified atom stereocenters. The van der Waals surface area contributed by atoms with Gasteiger partial charge in [0.2, 0.25) is 0 Å². The van der Waals surface area contributed by atoms with E-state index in [1.54, 1.807) is 6.92 Å². The fraction of sp³-hybridized carbons (Fsp3) is 0.188. The number of hydrogen-bond acceptors (Lipinski definition) is 3. The molecule has 0 aromatic heterocycles. The maximum absolute atomic E-state index is 11.7. The largest absolute Gasteiger partial charge is 0.465 e. The van der Waals surface area contributed by atoms with Crippen LogP contribution in [0.15, 0.2) is 53.4 Å². The van der Waals surface area contributed by atoms with Crippen LogP contribution in [0.1, 0.15) is 17.9 Å². The van der Waals surface area contributed by atoms with E-state index in [-0.39, 0.29) is 0 Å². The van der Waals surface area contributed by atoms with E-state index in [1.807, 2.05) is 48.5 Å². The van der Waals surface area contributed by atoms with Crippen LogP contribution in [0.2, 0.25) is 0 Å². The van der Waals surface area contributed by atoms with Crippen molar-refractivity contribution in [3.63, 3.8) is 0 Å². The molecular weight excluding hydrogens is 292 g/mol. The predicted molar refractivity (Wildman–Crippen MR) is 84.4 cm³/mol. The van der Waals surface area contributed by atoms with Gasteiger partial charge in [-0.05, 0) is 29.7 Å². The Bertz CT molecular complexity index is 599. The highest BCUT2D eigenvalue weighted by molar-refractivity contribution is 7.80. The van der Waals surface area contributed by atoms with Crippen molar-refractivity contribution < 1.29 is 9.53 Å². The molecule has 20 heavy (non-hydrogen) atoms. The molecule has 4 heteroatoms. The molecule has 0 bridgehead atoms. The Morgan fingerprint density at radius 3 is 2.50 bits per heavy atom. The molecule has 104 valence electrons. The number of ether oxygens (including phenoxy) is 1. The van der Waals surface area contributed by atoms with Gasteiger partial charge >= 0.3 is 5.97 Å². The van der Waals surface area contributed by atoms with E-state index in [9.17, 15) is 4.79 Å². The third-order valence-electron chi connectivity index (χ3n) is 2.90. The van der Waals surface area contributed by atoms with Gasteiger partial charge in [-0.1, -0.05) is 42.5 Å². The molecule has 0 aliphatic rings. The van der Waals surface area contributed by atoms with Crippen molar-refractivity contribution in [1.82, 2.24) is 0 Å². The summed E-state index contributed by atoms with van der Waals surface area (Å²) < 4.78 is 4.92. The topological polar surface area (TPSA) is 26.3 Å². The minimum Gasteiger partial charge on any atom is -0.465 e. The van der Waals surface area contributed by atoms with Crippen LogP contribution in [0.5, 0.6) is 0 Å². The molecule has 0 aliphatic heterocycles. The minimum atomic E-state index is -0.827. The highest BCUT2D eigenvalue weighted by atomic mass is 35.5. The maximum atomic E-state index is 11.7. The van der Waals surface area contributed by atoms with E-state index in [1.165, 1.54) is 0 Å². The van der Waals surface area contributed by atoms with Crippen molar-refractivity contribution in [3.8, 4) is 11.1 Å². The van der Waals surface area contributed by atoms with Gasteiger partial charge in [-0.3, -0.25) is 4.79 Å². The first kappa shape index (κ1) is 14.9. The van der Waals surface area contributed by atoms with Gasteiger partial charge in [-0.25, -0.2) is 0 Å². The third kappa shape index (κ3) is 3.35.